The average molecular weight is 482 g/mol. The minimum Gasteiger partial charge on any atom is -0.350 e. The summed E-state index contributed by atoms with van der Waals surface area (Å²) in [6.07, 6.45) is 5.54. The van der Waals surface area contributed by atoms with Gasteiger partial charge in [0.25, 0.3) is 0 Å². The molecule has 2 aliphatic heterocycles. The van der Waals surface area contributed by atoms with E-state index in [0.717, 1.165) is 62.0 Å². The van der Waals surface area contributed by atoms with Crippen LogP contribution in [-0.2, 0) is 0 Å². The molecule has 9 heteroatoms. The zero-order chi connectivity index (χ0) is 23.8. The molecule has 0 spiro atoms. The van der Waals surface area contributed by atoms with Crippen LogP contribution in [-0.4, -0.2) is 58.2 Å². The number of halogens is 2. The molecule has 0 amide bonds. The lowest BCUT2D eigenvalue weighted by atomic mass is 10.1. The highest BCUT2D eigenvalue weighted by Crippen LogP contribution is 2.32. The van der Waals surface area contributed by atoms with Gasteiger partial charge in [0.15, 0.2) is 11.0 Å². The predicted octanol–water partition coefficient (Wildman–Crippen LogP) is 4.74. The number of aryl methyl sites for hydroxylation is 1. The summed E-state index contributed by atoms with van der Waals surface area (Å²) in [5.74, 6) is 2.13. The predicted molar refractivity (Wildman–Crippen MR) is 134 cm³/mol. The van der Waals surface area contributed by atoms with Crippen molar-refractivity contribution in [2.45, 2.75) is 45.7 Å². The van der Waals surface area contributed by atoms with E-state index in [1.54, 1.807) is 25.4 Å². The molecular formula is C25H29ClFN7. The zero-order valence-corrected chi connectivity index (χ0v) is 20.5. The van der Waals surface area contributed by atoms with Gasteiger partial charge in [0.2, 0.25) is 5.95 Å². The maximum absolute atomic E-state index is 13.9. The fourth-order valence-electron chi connectivity index (χ4n) is 4.90. The van der Waals surface area contributed by atoms with Crippen molar-refractivity contribution in [2.75, 3.05) is 40.9 Å². The molecule has 7 nitrogen and oxygen atoms in total. The van der Waals surface area contributed by atoms with E-state index in [-0.39, 0.29) is 11.9 Å². The van der Waals surface area contributed by atoms with Crippen molar-refractivity contribution in [2.24, 2.45) is 0 Å². The molecule has 0 saturated carbocycles. The molecule has 2 fully saturated rings. The quantitative estimate of drug-likeness (QED) is 0.533. The van der Waals surface area contributed by atoms with Gasteiger partial charge in [-0.15, -0.1) is 0 Å². The van der Waals surface area contributed by atoms with Crippen LogP contribution in [0.25, 0.3) is 11.3 Å². The summed E-state index contributed by atoms with van der Waals surface area (Å²) >= 11 is 6.30. The standard InChI is InChI=1S/C25H29ClFN7/c1-16-13-19(6-7-20(16)27)21-14-22(31-25(30-21)34-10-4-5-17(34)2)33-12-11-32(15-18(33)3)24-23(26)28-8-9-29-24/h6-9,13-14,17-18H,4-5,10-12,15H2,1-3H3/t17?,18-/m1/s1. The molecule has 0 aliphatic carbocycles. The van der Waals surface area contributed by atoms with Crippen molar-refractivity contribution in [3.8, 4) is 11.3 Å². The number of anilines is 3. The fourth-order valence-corrected chi connectivity index (χ4v) is 5.12. The molecule has 34 heavy (non-hydrogen) atoms. The molecule has 2 atom stereocenters. The van der Waals surface area contributed by atoms with Gasteiger partial charge in [-0.05, 0) is 57.4 Å². The summed E-state index contributed by atoms with van der Waals surface area (Å²) < 4.78 is 13.9. The highest BCUT2D eigenvalue weighted by molar-refractivity contribution is 6.31. The van der Waals surface area contributed by atoms with Crippen molar-refractivity contribution >= 4 is 29.2 Å². The van der Waals surface area contributed by atoms with Gasteiger partial charge in [-0.1, -0.05) is 11.6 Å². The normalized spacial score (nSPS) is 20.8. The number of hydrogen-bond donors (Lipinski definition) is 0. The minimum absolute atomic E-state index is 0.174. The van der Waals surface area contributed by atoms with E-state index < -0.39 is 0 Å². The molecule has 1 unspecified atom stereocenters. The number of rotatable bonds is 4. The molecule has 2 saturated heterocycles. The highest BCUT2D eigenvalue weighted by atomic mass is 35.5. The second kappa shape index (κ2) is 9.33. The first-order valence-electron chi connectivity index (χ1n) is 11.8. The topological polar surface area (TPSA) is 61.3 Å². The van der Waals surface area contributed by atoms with Crippen LogP contribution in [0.1, 0.15) is 32.3 Å². The maximum atomic E-state index is 13.9. The first kappa shape index (κ1) is 22.8. The van der Waals surface area contributed by atoms with Crippen molar-refractivity contribution in [1.82, 2.24) is 19.9 Å². The molecule has 5 rings (SSSR count). The lowest BCUT2D eigenvalue weighted by Crippen LogP contribution is -2.53. The average Bonchev–Trinajstić information content (AvgIpc) is 3.26. The van der Waals surface area contributed by atoms with E-state index in [4.69, 9.17) is 21.6 Å². The van der Waals surface area contributed by atoms with Crippen LogP contribution in [0.4, 0.5) is 22.0 Å². The maximum Gasteiger partial charge on any atom is 0.228 e. The second-order valence-corrected chi connectivity index (χ2v) is 9.58. The van der Waals surface area contributed by atoms with Crippen LogP contribution in [0.2, 0.25) is 5.15 Å². The number of nitrogens with zero attached hydrogens (tertiary/aromatic N) is 7. The smallest absolute Gasteiger partial charge is 0.228 e. The Balaban J connectivity index is 1.49. The summed E-state index contributed by atoms with van der Waals surface area (Å²) in [6, 6.07) is 7.76. The first-order chi connectivity index (χ1) is 16.4. The summed E-state index contributed by atoms with van der Waals surface area (Å²) in [5.41, 5.74) is 2.32. The summed E-state index contributed by atoms with van der Waals surface area (Å²) in [5, 5.41) is 0.421. The lowest BCUT2D eigenvalue weighted by molar-refractivity contribution is 0.541. The molecular weight excluding hydrogens is 453 g/mol. The Morgan fingerprint density at radius 1 is 0.971 bits per heavy atom. The Morgan fingerprint density at radius 3 is 2.50 bits per heavy atom. The van der Waals surface area contributed by atoms with Gasteiger partial charge in [0.05, 0.1) is 5.69 Å². The molecule has 0 bridgehead atoms. The van der Waals surface area contributed by atoms with Gasteiger partial charge in [-0.3, -0.25) is 0 Å². The number of benzene rings is 1. The Hall–Kier alpha value is -3.00. The number of hydrogen-bond acceptors (Lipinski definition) is 7. The molecule has 3 aromatic rings. The van der Waals surface area contributed by atoms with Crippen LogP contribution < -0.4 is 14.7 Å². The first-order valence-corrected chi connectivity index (χ1v) is 12.2. The molecule has 4 heterocycles. The van der Waals surface area contributed by atoms with Crippen LogP contribution in [0.5, 0.6) is 0 Å². The fraction of sp³-hybridized carbons (Fsp3) is 0.440. The van der Waals surface area contributed by atoms with E-state index >= 15 is 0 Å². The summed E-state index contributed by atoms with van der Waals surface area (Å²) in [6.45, 7) is 9.40. The van der Waals surface area contributed by atoms with Crippen molar-refractivity contribution in [3.05, 3.63) is 53.2 Å². The van der Waals surface area contributed by atoms with Crippen molar-refractivity contribution in [3.63, 3.8) is 0 Å². The van der Waals surface area contributed by atoms with E-state index in [0.29, 0.717) is 22.6 Å². The van der Waals surface area contributed by atoms with Gasteiger partial charge in [-0.2, -0.15) is 4.98 Å². The molecule has 2 aromatic heterocycles. The lowest BCUT2D eigenvalue weighted by Gasteiger charge is -2.41. The zero-order valence-electron chi connectivity index (χ0n) is 19.7. The molecule has 2 aliphatic rings. The number of aromatic nitrogens is 4. The van der Waals surface area contributed by atoms with Crippen molar-refractivity contribution in [1.29, 1.82) is 0 Å². The summed E-state index contributed by atoms with van der Waals surface area (Å²) in [4.78, 5) is 25.3. The van der Waals surface area contributed by atoms with Crippen LogP contribution in [0.15, 0.2) is 36.7 Å². The third kappa shape index (κ3) is 4.39. The van der Waals surface area contributed by atoms with Gasteiger partial charge in [0, 0.05) is 62.3 Å². The molecule has 0 N–H and O–H groups in total. The monoisotopic (exact) mass is 481 g/mol. The minimum atomic E-state index is -0.209. The highest BCUT2D eigenvalue weighted by Gasteiger charge is 2.29. The Kier molecular flexibility index (Phi) is 6.25. The Labute approximate surface area is 204 Å². The van der Waals surface area contributed by atoms with Gasteiger partial charge in [0.1, 0.15) is 11.6 Å². The largest absolute Gasteiger partial charge is 0.350 e. The van der Waals surface area contributed by atoms with Crippen LogP contribution in [0, 0.1) is 12.7 Å². The third-order valence-corrected chi connectivity index (χ3v) is 7.09. The SMILES string of the molecule is Cc1cc(-c2cc(N3CCN(c4nccnc4Cl)C[C@H]3C)nc(N3CCCC3C)n2)ccc1F. The van der Waals surface area contributed by atoms with E-state index in [2.05, 4.69) is 38.5 Å². The van der Waals surface area contributed by atoms with Crippen LogP contribution >= 0.6 is 11.6 Å². The molecule has 178 valence electrons. The third-order valence-electron chi connectivity index (χ3n) is 6.82. The summed E-state index contributed by atoms with van der Waals surface area (Å²) in [7, 11) is 0. The number of piperazine rings is 1. The van der Waals surface area contributed by atoms with Gasteiger partial charge < -0.3 is 14.7 Å². The van der Waals surface area contributed by atoms with E-state index in [1.165, 1.54) is 6.07 Å². The van der Waals surface area contributed by atoms with E-state index in [9.17, 15) is 4.39 Å². The second-order valence-electron chi connectivity index (χ2n) is 9.22. The van der Waals surface area contributed by atoms with Crippen LogP contribution in [0.3, 0.4) is 0 Å². The Bertz CT molecular complexity index is 1190. The van der Waals surface area contributed by atoms with Gasteiger partial charge >= 0.3 is 0 Å². The molecule has 1 aromatic carbocycles. The van der Waals surface area contributed by atoms with Crippen molar-refractivity contribution < 1.29 is 4.39 Å². The molecule has 0 radical (unpaired) electrons. The Morgan fingerprint density at radius 2 is 1.79 bits per heavy atom. The van der Waals surface area contributed by atoms with Gasteiger partial charge in [-0.25, -0.2) is 19.3 Å². The van der Waals surface area contributed by atoms with E-state index in [1.807, 2.05) is 12.1 Å².